The second-order valence-corrected chi connectivity index (χ2v) is 7.01. The predicted molar refractivity (Wildman–Crippen MR) is 122 cm³/mol. The van der Waals surface area contributed by atoms with Crippen molar-refractivity contribution in [3.05, 3.63) is 47.3 Å². The topological polar surface area (TPSA) is 88.1 Å². The van der Waals surface area contributed by atoms with Gasteiger partial charge in [0.05, 0.1) is 14.2 Å². The summed E-state index contributed by atoms with van der Waals surface area (Å²) in [4.78, 5) is 12.2. The summed E-state index contributed by atoms with van der Waals surface area (Å²) in [6, 6.07) is 5.59. The highest BCUT2D eigenvalue weighted by Gasteiger charge is 2.18. The summed E-state index contributed by atoms with van der Waals surface area (Å²) < 4.78 is 26.6. The first-order chi connectivity index (χ1) is 14.9. The molecule has 1 aromatic carbocycles. The molecule has 2 heterocycles. The molecule has 0 aliphatic carbocycles. The van der Waals surface area contributed by atoms with Gasteiger partial charge >= 0.3 is 6.08 Å². The summed E-state index contributed by atoms with van der Waals surface area (Å²) in [7, 11) is 3.23. The number of nitrogen functional groups attached to an aromatic ring is 1. The van der Waals surface area contributed by atoms with E-state index in [0.29, 0.717) is 24.1 Å². The molecule has 2 N–H and O–H groups in total. The van der Waals surface area contributed by atoms with Gasteiger partial charge in [0.25, 0.3) is 0 Å². The molecule has 0 amide bonds. The van der Waals surface area contributed by atoms with Crippen LogP contribution in [0.25, 0.3) is 11.2 Å². The minimum atomic E-state index is -0.856. The van der Waals surface area contributed by atoms with E-state index in [4.69, 9.17) is 15.2 Å². The number of allylic oxidation sites excluding steroid dienone is 2. The number of aryl methyl sites for hydroxylation is 1. The number of benzene rings is 1. The molecule has 3 rings (SSSR count). The second kappa shape index (κ2) is 11.3. The van der Waals surface area contributed by atoms with Gasteiger partial charge in [0.2, 0.25) is 0 Å². The largest absolute Gasteiger partial charge is 0.497 e. The Morgan fingerprint density at radius 1 is 1.13 bits per heavy atom. The molecule has 0 saturated carbocycles. The van der Waals surface area contributed by atoms with Crippen LogP contribution in [-0.4, -0.2) is 33.7 Å². The normalized spacial score (nSPS) is 10.4. The predicted octanol–water partition coefficient (Wildman–Crippen LogP) is 4.93. The van der Waals surface area contributed by atoms with E-state index >= 15 is 0 Å². The molecule has 0 radical (unpaired) electrons. The summed E-state index contributed by atoms with van der Waals surface area (Å²) >= 11 is 0. The van der Waals surface area contributed by atoms with Crippen molar-refractivity contribution in [3.8, 4) is 11.5 Å². The van der Waals surface area contributed by atoms with Crippen molar-refractivity contribution in [2.24, 2.45) is 0 Å². The van der Waals surface area contributed by atoms with Crippen LogP contribution in [-0.2, 0) is 13.0 Å². The first-order valence-electron chi connectivity index (χ1n) is 10.4. The number of anilines is 1. The number of imidazole rings is 1. The summed E-state index contributed by atoms with van der Waals surface area (Å²) in [5, 5.41) is 0. The maximum absolute atomic E-state index is 13.8. The SMILES string of the molecule is CC.COc1ccc(OC)c(Cc2nc3c(N)nc(F)nc3n2CCCC=C(C)C)c1. The lowest BCUT2D eigenvalue weighted by Crippen LogP contribution is -2.07. The molecule has 0 atom stereocenters. The monoisotopic (exact) mass is 429 g/mol. The van der Waals surface area contributed by atoms with Crippen LogP contribution in [0.3, 0.4) is 0 Å². The van der Waals surface area contributed by atoms with Gasteiger partial charge in [-0.2, -0.15) is 14.4 Å². The van der Waals surface area contributed by atoms with Gasteiger partial charge in [-0.05, 0) is 44.9 Å². The molecule has 0 aliphatic rings. The number of fused-ring (bicyclic) bond motifs is 1. The third-order valence-corrected chi connectivity index (χ3v) is 4.65. The lowest BCUT2D eigenvalue weighted by Gasteiger charge is -2.12. The minimum Gasteiger partial charge on any atom is -0.497 e. The van der Waals surface area contributed by atoms with E-state index in [2.05, 4.69) is 34.9 Å². The minimum absolute atomic E-state index is 0.0365. The Morgan fingerprint density at radius 3 is 2.52 bits per heavy atom. The fourth-order valence-electron chi connectivity index (χ4n) is 3.24. The Morgan fingerprint density at radius 2 is 1.87 bits per heavy atom. The zero-order valence-corrected chi connectivity index (χ0v) is 19.2. The quantitative estimate of drug-likeness (QED) is 0.310. The molecule has 3 aromatic rings. The zero-order chi connectivity index (χ0) is 23.0. The molecule has 0 spiro atoms. The van der Waals surface area contributed by atoms with Crippen LogP contribution in [0.1, 0.15) is 51.9 Å². The van der Waals surface area contributed by atoms with Crippen molar-refractivity contribution in [2.45, 2.75) is 53.5 Å². The van der Waals surface area contributed by atoms with Gasteiger partial charge in [0.15, 0.2) is 17.0 Å². The van der Waals surface area contributed by atoms with E-state index in [0.717, 1.165) is 35.7 Å². The highest BCUT2D eigenvalue weighted by atomic mass is 19.1. The van der Waals surface area contributed by atoms with Crippen molar-refractivity contribution >= 4 is 17.0 Å². The number of unbranched alkanes of at least 4 members (excludes halogenated alkanes) is 1. The second-order valence-electron chi connectivity index (χ2n) is 7.01. The van der Waals surface area contributed by atoms with Crippen molar-refractivity contribution in [1.82, 2.24) is 19.5 Å². The van der Waals surface area contributed by atoms with Gasteiger partial charge in [-0.1, -0.05) is 25.5 Å². The van der Waals surface area contributed by atoms with Gasteiger partial charge < -0.3 is 19.8 Å². The standard InChI is InChI=1S/C21H26FN5O2.C2H6/c1-13(2)7-5-6-10-27-17(24-18-19(23)25-21(22)26-20(18)27)12-14-11-15(28-3)8-9-16(14)29-4;1-2/h7-9,11H,5-6,10,12H2,1-4H3,(H2,23,25,26);1-2H3. The number of halogens is 1. The third-order valence-electron chi connectivity index (χ3n) is 4.65. The molecule has 0 fully saturated rings. The van der Waals surface area contributed by atoms with E-state index in [1.54, 1.807) is 14.2 Å². The molecular weight excluding hydrogens is 397 g/mol. The van der Waals surface area contributed by atoms with Crippen molar-refractivity contribution < 1.29 is 13.9 Å². The van der Waals surface area contributed by atoms with Gasteiger partial charge in [-0.15, -0.1) is 0 Å². The van der Waals surface area contributed by atoms with E-state index in [1.807, 2.05) is 36.6 Å². The highest BCUT2D eigenvalue weighted by Crippen LogP contribution is 2.28. The van der Waals surface area contributed by atoms with Crippen molar-refractivity contribution in [1.29, 1.82) is 0 Å². The lowest BCUT2D eigenvalue weighted by molar-refractivity contribution is 0.399. The number of methoxy groups -OCH3 is 2. The Kier molecular flexibility index (Phi) is 8.78. The first kappa shape index (κ1) is 24.1. The number of hydrogen-bond donors (Lipinski definition) is 1. The van der Waals surface area contributed by atoms with Crippen LogP contribution in [0.15, 0.2) is 29.8 Å². The number of nitrogens with two attached hydrogens (primary N) is 1. The van der Waals surface area contributed by atoms with Crippen LogP contribution in [0.2, 0.25) is 0 Å². The summed E-state index contributed by atoms with van der Waals surface area (Å²) in [5.74, 6) is 2.20. The van der Waals surface area contributed by atoms with Gasteiger partial charge in [0.1, 0.15) is 17.3 Å². The maximum atomic E-state index is 13.8. The molecule has 7 nitrogen and oxygen atoms in total. The number of rotatable bonds is 8. The van der Waals surface area contributed by atoms with Gasteiger partial charge in [0, 0.05) is 18.5 Å². The Bertz CT molecular complexity index is 1040. The van der Waals surface area contributed by atoms with Gasteiger partial charge in [-0.3, -0.25) is 0 Å². The average Bonchev–Trinajstić information content (AvgIpc) is 3.09. The molecule has 0 saturated heterocycles. The van der Waals surface area contributed by atoms with E-state index < -0.39 is 6.08 Å². The summed E-state index contributed by atoms with van der Waals surface area (Å²) in [6.45, 7) is 8.77. The van der Waals surface area contributed by atoms with Gasteiger partial charge in [-0.25, -0.2) is 4.98 Å². The van der Waals surface area contributed by atoms with Crippen LogP contribution >= 0.6 is 0 Å². The molecule has 0 aliphatic heterocycles. The Hall–Kier alpha value is -3.16. The van der Waals surface area contributed by atoms with Crippen LogP contribution in [0, 0.1) is 6.08 Å². The molecule has 0 unspecified atom stereocenters. The fourth-order valence-corrected chi connectivity index (χ4v) is 3.24. The number of aromatic nitrogens is 4. The van der Waals surface area contributed by atoms with Crippen LogP contribution in [0.4, 0.5) is 10.2 Å². The molecule has 31 heavy (non-hydrogen) atoms. The molecule has 2 aromatic heterocycles. The van der Waals surface area contributed by atoms with E-state index in [1.165, 1.54) is 5.57 Å². The fraction of sp³-hybridized carbons (Fsp3) is 0.435. The van der Waals surface area contributed by atoms with Crippen LogP contribution < -0.4 is 15.2 Å². The number of hydrogen-bond acceptors (Lipinski definition) is 6. The first-order valence-corrected chi connectivity index (χ1v) is 10.4. The molecule has 168 valence electrons. The smallest absolute Gasteiger partial charge is 0.312 e. The van der Waals surface area contributed by atoms with E-state index in [9.17, 15) is 4.39 Å². The maximum Gasteiger partial charge on any atom is 0.312 e. The van der Waals surface area contributed by atoms with E-state index in [-0.39, 0.29) is 5.82 Å². The molecular formula is C23H32FN5O2. The average molecular weight is 430 g/mol. The summed E-state index contributed by atoms with van der Waals surface area (Å²) in [6.07, 6.45) is 3.55. The van der Waals surface area contributed by atoms with Crippen molar-refractivity contribution in [3.63, 3.8) is 0 Å². The third kappa shape index (κ3) is 5.93. The Labute approximate surface area is 183 Å². The molecule has 0 bridgehead atoms. The summed E-state index contributed by atoms with van der Waals surface area (Å²) in [5.41, 5.74) is 8.89. The van der Waals surface area contributed by atoms with Crippen molar-refractivity contribution in [2.75, 3.05) is 20.0 Å². The lowest BCUT2D eigenvalue weighted by atomic mass is 10.1. The number of nitrogens with zero attached hydrogens (tertiary/aromatic N) is 4. The van der Waals surface area contributed by atoms with Crippen LogP contribution in [0.5, 0.6) is 11.5 Å². The Balaban J connectivity index is 0.00000166. The zero-order valence-electron chi connectivity index (χ0n) is 19.2. The molecule has 8 heteroatoms. The highest BCUT2D eigenvalue weighted by molar-refractivity contribution is 5.82. The number of ether oxygens (including phenoxy) is 2.